The highest BCUT2D eigenvalue weighted by atomic mass is 32.1. The Balaban J connectivity index is 0.670. The number of β-amino-alcohol motifs (C(OH)–C–C–N with tert-alkyl or cyclic N) is 1. The van der Waals surface area contributed by atoms with Crippen LogP contribution in [0.5, 0.6) is 5.75 Å². The summed E-state index contributed by atoms with van der Waals surface area (Å²) in [5.74, 6) is 0.814. The first-order valence-corrected chi connectivity index (χ1v) is 26.8. The number of thiazole rings is 1. The molecule has 2 bridgehead atoms. The number of nitrogens with two attached hydrogens (primary N) is 1. The third kappa shape index (κ3) is 11.0. The van der Waals surface area contributed by atoms with Crippen LogP contribution in [0.25, 0.3) is 21.7 Å². The molecule has 6 N–H and O–H groups in total. The first-order chi connectivity index (χ1) is 35.2. The molecule has 5 aromatic rings. The fourth-order valence-electron chi connectivity index (χ4n) is 11.8. The molecule has 10 rings (SSSR count). The van der Waals surface area contributed by atoms with Crippen LogP contribution in [0.15, 0.2) is 72.5 Å². The zero-order chi connectivity index (χ0) is 51.0. The van der Waals surface area contributed by atoms with Gasteiger partial charge in [-0.3, -0.25) is 24.2 Å². The highest BCUT2D eigenvalue weighted by molar-refractivity contribution is 7.13. The molecule has 19 heteroatoms. The van der Waals surface area contributed by atoms with Crippen molar-refractivity contribution in [3.63, 3.8) is 0 Å². The van der Waals surface area contributed by atoms with E-state index in [0.29, 0.717) is 29.0 Å². The van der Waals surface area contributed by atoms with Crippen LogP contribution in [0.1, 0.15) is 88.5 Å². The third-order valence-electron chi connectivity index (χ3n) is 15.9. The standard InChI is InChI=1S/C54H69N13O5S/c1-33-48(73-32-59-33)36-11-9-34(10-12-36)25-56-51(71)45-23-41(68)30-66(45)52(72)49(54(2,3)4)60-47(70)31-63-19-21-64(22-20-63)38-15-13-35(14-16-38)37-26-57-53(58-27-37)67-39-17-18-40(67)29-65(28-39)44-24-43(61-62-50(44)55)42-7-5-6-8-46(42)69/h5-12,24,26-27,32,35,38-41,45,49,68-69H,13-23,25,28-31H2,1-4H3,(H2,55,62)(H,56,71)(H,60,70)/t35-,38-,39?,40?,41-,45+,49-/m1/s1. The van der Waals surface area contributed by atoms with Crippen LogP contribution in [0.4, 0.5) is 17.5 Å². The first kappa shape index (κ1) is 50.3. The van der Waals surface area contributed by atoms with E-state index in [1.807, 2.05) is 88.1 Å². The van der Waals surface area contributed by atoms with Gasteiger partial charge in [0.15, 0.2) is 5.82 Å². The maximum atomic E-state index is 14.3. The Morgan fingerprint density at radius 3 is 2.21 bits per heavy atom. The number of anilines is 3. The van der Waals surface area contributed by atoms with Crippen LogP contribution in [-0.4, -0.2) is 156 Å². The van der Waals surface area contributed by atoms with Crippen LogP contribution in [0.3, 0.4) is 0 Å². The number of piperazine rings is 2. The minimum atomic E-state index is -0.878. The first-order valence-electron chi connectivity index (χ1n) is 25.9. The number of aromatic hydroxyl groups is 1. The van der Waals surface area contributed by atoms with E-state index in [4.69, 9.17) is 15.7 Å². The number of aryl methyl sites for hydroxylation is 1. The summed E-state index contributed by atoms with van der Waals surface area (Å²) in [4.78, 5) is 67.8. The number of hydrogen-bond acceptors (Lipinski definition) is 16. The lowest BCUT2D eigenvalue weighted by molar-refractivity contribution is -0.144. The molecule has 2 aromatic carbocycles. The number of rotatable bonds is 13. The van der Waals surface area contributed by atoms with Crippen molar-refractivity contribution in [2.45, 2.75) is 121 Å². The number of nitrogens with zero attached hydrogens (tertiary/aromatic N) is 10. The van der Waals surface area contributed by atoms with Crippen molar-refractivity contribution in [1.82, 2.24) is 50.5 Å². The predicted octanol–water partition coefficient (Wildman–Crippen LogP) is 4.96. The highest BCUT2D eigenvalue weighted by Gasteiger charge is 2.45. The van der Waals surface area contributed by atoms with Gasteiger partial charge in [-0.15, -0.1) is 21.5 Å². The number of aromatic nitrogens is 5. The predicted molar refractivity (Wildman–Crippen MR) is 282 cm³/mol. The quantitative estimate of drug-likeness (QED) is 0.105. The average molecular weight is 1010 g/mol. The lowest BCUT2D eigenvalue weighted by atomic mass is 9.82. The number of phenols is 1. The van der Waals surface area contributed by atoms with E-state index in [9.17, 15) is 24.6 Å². The maximum Gasteiger partial charge on any atom is 0.246 e. The van der Waals surface area contributed by atoms with E-state index >= 15 is 0 Å². The molecule has 2 unspecified atom stereocenters. The second-order valence-electron chi connectivity index (χ2n) is 21.8. The van der Waals surface area contributed by atoms with Crippen LogP contribution >= 0.6 is 11.3 Å². The van der Waals surface area contributed by atoms with Gasteiger partial charge in [-0.25, -0.2) is 15.0 Å². The molecule has 0 radical (unpaired) electrons. The molecule has 5 fully saturated rings. The molecule has 4 saturated heterocycles. The summed E-state index contributed by atoms with van der Waals surface area (Å²) >= 11 is 1.59. The Morgan fingerprint density at radius 1 is 0.863 bits per heavy atom. The zero-order valence-electron chi connectivity index (χ0n) is 42.4. The fraction of sp³-hybridized carbons (Fsp3) is 0.519. The number of carbonyl (C=O) groups excluding carboxylic acids is 3. The molecule has 3 amide bonds. The maximum absolute atomic E-state index is 14.3. The second kappa shape index (κ2) is 21.3. The van der Waals surface area contributed by atoms with Gasteiger partial charge in [0.2, 0.25) is 23.7 Å². The van der Waals surface area contributed by atoms with Gasteiger partial charge in [-0.1, -0.05) is 57.2 Å². The number of carbonyl (C=O) groups is 3. The smallest absolute Gasteiger partial charge is 0.246 e. The van der Waals surface area contributed by atoms with Crippen molar-refractivity contribution in [1.29, 1.82) is 0 Å². The number of benzene rings is 2. The number of fused-ring (bicyclic) bond motifs is 2. The summed E-state index contributed by atoms with van der Waals surface area (Å²) in [5, 5.41) is 35.7. The molecular formula is C54H69N13O5S. The fourth-order valence-corrected chi connectivity index (χ4v) is 12.6. The van der Waals surface area contributed by atoms with Gasteiger partial charge >= 0.3 is 0 Å². The number of aliphatic hydroxyl groups excluding tert-OH is 1. The molecule has 3 aromatic heterocycles. The highest BCUT2D eigenvalue weighted by Crippen LogP contribution is 2.40. The van der Waals surface area contributed by atoms with Gasteiger partial charge in [0.1, 0.15) is 17.8 Å². The Kier molecular flexibility index (Phi) is 14.7. The monoisotopic (exact) mass is 1010 g/mol. The third-order valence-corrected chi connectivity index (χ3v) is 16.8. The molecule has 0 spiro atoms. The van der Waals surface area contributed by atoms with Crippen molar-refractivity contribution in [3.8, 4) is 27.4 Å². The van der Waals surface area contributed by atoms with Crippen LogP contribution in [-0.2, 0) is 20.9 Å². The minimum absolute atomic E-state index is 0.0286. The Hall–Kier alpha value is -6.28. The largest absolute Gasteiger partial charge is 0.507 e. The SMILES string of the molecule is Cc1ncsc1-c1ccc(CNC(=O)[C@@H]2C[C@@H](O)CN2C(=O)[C@@H](NC(=O)CN2CCN([C@H]3CC[C@H](c4cnc(N5C6CCC5CN(c5cc(-c7ccccc7O)nnc5N)C6)nc4)CC3)CC2)C(C)(C)C)cc1. The van der Waals surface area contributed by atoms with E-state index in [1.54, 1.807) is 23.5 Å². The number of nitrogens with one attached hydrogen (secondary N) is 2. The normalized spacial score (nSPS) is 24.2. The summed E-state index contributed by atoms with van der Waals surface area (Å²) in [6.07, 6.45) is 9.81. The number of hydrogen-bond donors (Lipinski definition) is 5. The van der Waals surface area contributed by atoms with Crippen molar-refractivity contribution >= 4 is 46.5 Å². The lowest BCUT2D eigenvalue weighted by Crippen LogP contribution is -2.59. The summed E-state index contributed by atoms with van der Waals surface area (Å²) < 4.78 is 0. The van der Waals surface area contributed by atoms with E-state index in [0.717, 1.165) is 111 Å². The van der Waals surface area contributed by atoms with Crippen molar-refractivity contribution in [2.75, 3.05) is 67.9 Å². The molecule has 18 nitrogen and oxygen atoms in total. The lowest BCUT2D eigenvalue weighted by Gasteiger charge is -2.42. The van der Waals surface area contributed by atoms with Crippen molar-refractivity contribution in [2.24, 2.45) is 5.41 Å². The molecule has 1 aliphatic carbocycles. The van der Waals surface area contributed by atoms with Crippen LogP contribution < -0.4 is 26.2 Å². The van der Waals surface area contributed by atoms with Gasteiger partial charge < -0.3 is 41.3 Å². The average Bonchev–Trinajstić information content (AvgIpc) is 4.08. The molecule has 386 valence electrons. The number of phenolic OH excluding ortho intramolecular Hbond substituents is 1. The number of aliphatic hydroxyl groups is 1. The van der Waals surface area contributed by atoms with Gasteiger partial charge in [-0.05, 0) is 91.7 Å². The van der Waals surface area contributed by atoms with E-state index in [-0.39, 0.29) is 61.6 Å². The topological polar surface area (TPSA) is 222 Å². The Labute approximate surface area is 431 Å². The second-order valence-corrected chi connectivity index (χ2v) is 22.6. The van der Waals surface area contributed by atoms with E-state index in [1.165, 1.54) is 10.5 Å². The number of likely N-dealkylation sites (tertiary alicyclic amines) is 1. The van der Waals surface area contributed by atoms with E-state index in [2.05, 4.69) is 45.4 Å². The molecule has 5 aliphatic rings. The minimum Gasteiger partial charge on any atom is -0.507 e. The van der Waals surface area contributed by atoms with Gasteiger partial charge in [-0.2, -0.15) is 0 Å². The number of para-hydroxylation sites is 1. The van der Waals surface area contributed by atoms with E-state index < -0.39 is 23.6 Å². The van der Waals surface area contributed by atoms with Gasteiger partial charge in [0, 0.05) is 94.9 Å². The summed E-state index contributed by atoms with van der Waals surface area (Å²) in [6.45, 7) is 13.0. The van der Waals surface area contributed by atoms with Crippen LogP contribution in [0.2, 0.25) is 0 Å². The summed E-state index contributed by atoms with van der Waals surface area (Å²) in [7, 11) is 0. The molecule has 7 heterocycles. The molecule has 4 aliphatic heterocycles. The summed E-state index contributed by atoms with van der Waals surface area (Å²) in [6, 6.07) is 16.3. The Morgan fingerprint density at radius 2 is 1.55 bits per heavy atom. The number of amides is 3. The van der Waals surface area contributed by atoms with Gasteiger partial charge in [0.25, 0.3) is 0 Å². The van der Waals surface area contributed by atoms with Crippen molar-refractivity contribution in [3.05, 3.63) is 89.3 Å². The molecule has 5 atom stereocenters. The van der Waals surface area contributed by atoms with Crippen LogP contribution in [0, 0.1) is 12.3 Å². The van der Waals surface area contributed by atoms with Crippen molar-refractivity contribution < 1.29 is 24.6 Å². The Bertz CT molecular complexity index is 2740. The summed E-state index contributed by atoms with van der Waals surface area (Å²) in [5.41, 5.74) is 13.8. The zero-order valence-corrected chi connectivity index (χ0v) is 43.2. The molecular weight excluding hydrogens is 943 g/mol. The number of nitrogen functional groups attached to an aromatic ring is 1. The molecule has 1 saturated carbocycles. The van der Waals surface area contributed by atoms with Gasteiger partial charge in [0.05, 0.1) is 40.1 Å². The molecule has 73 heavy (non-hydrogen) atoms.